The zero-order valence-corrected chi connectivity index (χ0v) is 9.70. The molecule has 1 atom stereocenters. The van der Waals surface area contributed by atoms with Crippen LogP contribution in [0.4, 0.5) is 0 Å². The second-order valence-electron chi connectivity index (χ2n) is 4.25. The number of aliphatic hydroxyl groups excluding tert-OH is 1. The van der Waals surface area contributed by atoms with Gasteiger partial charge < -0.3 is 15.2 Å². The summed E-state index contributed by atoms with van der Waals surface area (Å²) in [5.74, 6) is 0.932. The van der Waals surface area contributed by atoms with Crippen molar-refractivity contribution in [2.24, 2.45) is 0 Å². The van der Waals surface area contributed by atoms with Crippen molar-refractivity contribution in [2.75, 3.05) is 20.3 Å². The molecule has 0 radical (unpaired) electrons. The third-order valence-corrected chi connectivity index (χ3v) is 3.19. The van der Waals surface area contributed by atoms with Gasteiger partial charge in [0, 0.05) is 12.6 Å². The smallest absolute Gasteiger partial charge is 0.119 e. The molecule has 0 spiro atoms. The van der Waals surface area contributed by atoms with Gasteiger partial charge in [-0.15, -0.1) is 0 Å². The maximum absolute atomic E-state index is 8.79. The molecule has 1 unspecified atom stereocenters. The minimum Gasteiger partial charge on any atom is -0.497 e. The molecule has 0 aliphatic heterocycles. The molecule has 2 N–H and O–H groups in total. The highest BCUT2D eigenvalue weighted by molar-refractivity contribution is 5.37. The molecule has 0 saturated heterocycles. The minimum absolute atomic E-state index is 0.210. The lowest BCUT2D eigenvalue weighted by Crippen LogP contribution is -2.36. The lowest BCUT2D eigenvalue weighted by Gasteiger charge is -2.25. The van der Waals surface area contributed by atoms with E-state index >= 15 is 0 Å². The van der Waals surface area contributed by atoms with Gasteiger partial charge >= 0.3 is 0 Å². The number of benzene rings is 1. The molecular formula is C13H19NO2. The molecule has 3 heteroatoms. The van der Waals surface area contributed by atoms with Gasteiger partial charge in [0.25, 0.3) is 0 Å². The van der Waals surface area contributed by atoms with E-state index in [0.717, 1.165) is 25.0 Å². The predicted molar refractivity (Wildman–Crippen MR) is 63.9 cm³/mol. The first-order valence-electron chi connectivity index (χ1n) is 5.83. The predicted octanol–water partition coefficient (Wildman–Crippen LogP) is 1.13. The van der Waals surface area contributed by atoms with Gasteiger partial charge in [-0.3, -0.25) is 0 Å². The molecule has 1 aliphatic rings. The Morgan fingerprint density at radius 1 is 1.44 bits per heavy atom. The number of hydrogen-bond acceptors (Lipinski definition) is 3. The number of ether oxygens (including phenoxy) is 1. The monoisotopic (exact) mass is 221 g/mol. The van der Waals surface area contributed by atoms with Crippen LogP contribution in [0.2, 0.25) is 0 Å². The van der Waals surface area contributed by atoms with Crippen LogP contribution in [-0.4, -0.2) is 31.4 Å². The Kier molecular flexibility index (Phi) is 3.80. The molecule has 3 nitrogen and oxygen atoms in total. The Balaban J connectivity index is 2.06. The maximum atomic E-state index is 8.79. The minimum atomic E-state index is 0.210. The number of fused-ring (bicyclic) bond motifs is 1. The molecule has 2 rings (SSSR count). The Hall–Kier alpha value is -1.06. The lowest BCUT2D eigenvalue weighted by atomic mass is 9.88. The quantitative estimate of drug-likeness (QED) is 0.801. The summed E-state index contributed by atoms with van der Waals surface area (Å²) in [6.45, 7) is 0.894. The number of aryl methyl sites for hydroxylation is 1. The van der Waals surface area contributed by atoms with Gasteiger partial charge in [0.15, 0.2) is 0 Å². The number of aliphatic hydroxyl groups is 1. The molecule has 16 heavy (non-hydrogen) atoms. The van der Waals surface area contributed by atoms with Crippen LogP contribution >= 0.6 is 0 Å². The van der Waals surface area contributed by atoms with Crippen LogP contribution in [0.1, 0.15) is 17.5 Å². The molecule has 0 amide bonds. The fraction of sp³-hybridized carbons (Fsp3) is 0.538. The van der Waals surface area contributed by atoms with Crippen molar-refractivity contribution >= 4 is 0 Å². The third-order valence-electron chi connectivity index (χ3n) is 3.19. The van der Waals surface area contributed by atoms with E-state index in [1.165, 1.54) is 11.1 Å². The summed E-state index contributed by atoms with van der Waals surface area (Å²) in [7, 11) is 1.70. The first-order chi connectivity index (χ1) is 7.83. The summed E-state index contributed by atoms with van der Waals surface area (Å²) >= 11 is 0. The van der Waals surface area contributed by atoms with Gasteiger partial charge in [0.2, 0.25) is 0 Å². The zero-order valence-electron chi connectivity index (χ0n) is 9.70. The normalized spacial score (nSPS) is 19.2. The van der Waals surface area contributed by atoms with E-state index in [9.17, 15) is 0 Å². The van der Waals surface area contributed by atoms with Gasteiger partial charge in [-0.25, -0.2) is 0 Å². The summed E-state index contributed by atoms with van der Waals surface area (Å²) in [6, 6.07) is 6.81. The second-order valence-corrected chi connectivity index (χ2v) is 4.25. The molecule has 0 heterocycles. The van der Waals surface area contributed by atoms with Crippen LogP contribution in [-0.2, 0) is 12.8 Å². The van der Waals surface area contributed by atoms with E-state index < -0.39 is 0 Å². The van der Waals surface area contributed by atoms with E-state index in [2.05, 4.69) is 17.4 Å². The highest BCUT2D eigenvalue weighted by Gasteiger charge is 2.18. The van der Waals surface area contributed by atoms with Crippen molar-refractivity contribution < 1.29 is 9.84 Å². The summed E-state index contributed by atoms with van der Waals surface area (Å²) in [4.78, 5) is 0. The Morgan fingerprint density at radius 2 is 2.31 bits per heavy atom. The van der Waals surface area contributed by atoms with Crippen LogP contribution in [0.25, 0.3) is 0 Å². The van der Waals surface area contributed by atoms with E-state index in [0.29, 0.717) is 12.6 Å². The third kappa shape index (κ3) is 2.54. The average molecular weight is 221 g/mol. The standard InChI is InChI=1S/C13H19NO2/c1-16-13-5-3-10-2-4-12(14-6-7-15)8-11(10)9-13/h3,5,9,12,14-15H,2,4,6-8H2,1H3. The molecule has 0 aromatic heterocycles. The summed E-state index contributed by atoms with van der Waals surface area (Å²) < 4.78 is 5.24. The van der Waals surface area contributed by atoms with Crippen molar-refractivity contribution in [1.29, 1.82) is 0 Å². The molecule has 1 aromatic rings. The number of methoxy groups -OCH3 is 1. The first kappa shape index (κ1) is 11.4. The molecule has 0 saturated carbocycles. The van der Waals surface area contributed by atoms with Crippen molar-refractivity contribution in [3.63, 3.8) is 0 Å². The average Bonchev–Trinajstić information content (AvgIpc) is 2.35. The van der Waals surface area contributed by atoms with E-state index in [4.69, 9.17) is 9.84 Å². The van der Waals surface area contributed by atoms with Gasteiger partial charge in [-0.2, -0.15) is 0 Å². The molecule has 1 aliphatic carbocycles. The Labute approximate surface area is 96.4 Å². The van der Waals surface area contributed by atoms with Crippen LogP contribution in [0, 0.1) is 0 Å². The van der Waals surface area contributed by atoms with Crippen LogP contribution in [0.5, 0.6) is 5.75 Å². The molecular weight excluding hydrogens is 202 g/mol. The summed E-state index contributed by atoms with van der Waals surface area (Å²) in [6.07, 6.45) is 3.30. The Bertz CT molecular complexity index is 352. The van der Waals surface area contributed by atoms with Crippen molar-refractivity contribution in [1.82, 2.24) is 5.32 Å². The first-order valence-corrected chi connectivity index (χ1v) is 5.83. The van der Waals surface area contributed by atoms with Crippen molar-refractivity contribution in [2.45, 2.75) is 25.3 Å². The highest BCUT2D eigenvalue weighted by Crippen LogP contribution is 2.25. The fourth-order valence-corrected chi connectivity index (χ4v) is 2.30. The molecule has 0 fully saturated rings. The number of nitrogens with one attached hydrogen (secondary N) is 1. The molecule has 1 aromatic carbocycles. The van der Waals surface area contributed by atoms with Crippen LogP contribution in [0.3, 0.4) is 0 Å². The van der Waals surface area contributed by atoms with Crippen molar-refractivity contribution in [3.8, 4) is 5.75 Å². The van der Waals surface area contributed by atoms with E-state index in [-0.39, 0.29) is 6.61 Å². The van der Waals surface area contributed by atoms with Crippen LogP contribution < -0.4 is 10.1 Å². The molecule has 0 bridgehead atoms. The van der Waals surface area contributed by atoms with Crippen LogP contribution in [0.15, 0.2) is 18.2 Å². The Morgan fingerprint density at radius 3 is 3.06 bits per heavy atom. The van der Waals surface area contributed by atoms with Gasteiger partial charge in [0.1, 0.15) is 5.75 Å². The number of hydrogen-bond donors (Lipinski definition) is 2. The highest BCUT2D eigenvalue weighted by atomic mass is 16.5. The van der Waals surface area contributed by atoms with Gasteiger partial charge in [-0.1, -0.05) is 6.07 Å². The summed E-state index contributed by atoms with van der Waals surface area (Å²) in [5.41, 5.74) is 2.81. The lowest BCUT2D eigenvalue weighted by molar-refractivity contribution is 0.280. The zero-order chi connectivity index (χ0) is 11.4. The van der Waals surface area contributed by atoms with Gasteiger partial charge in [-0.05, 0) is 42.5 Å². The largest absolute Gasteiger partial charge is 0.497 e. The van der Waals surface area contributed by atoms with Gasteiger partial charge in [0.05, 0.1) is 13.7 Å². The fourth-order valence-electron chi connectivity index (χ4n) is 2.30. The van der Waals surface area contributed by atoms with E-state index in [1.54, 1.807) is 7.11 Å². The van der Waals surface area contributed by atoms with E-state index in [1.807, 2.05) is 6.07 Å². The summed E-state index contributed by atoms with van der Waals surface area (Å²) in [5, 5.41) is 12.2. The van der Waals surface area contributed by atoms with Crippen molar-refractivity contribution in [3.05, 3.63) is 29.3 Å². The SMILES string of the molecule is COc1ccc2c(c1)CC(NCCO)CC2. The molecule has 88 valence electrons. The second kappa shape index (κ2) is 5.32. The topological polar surface area (TPSA) is 41.5 Å². The number of rotatable bonds is 4. The maximum Gasteiger partial charge on any atom is 0.119 e.